The molecule has 0 aliphatic heterocycles. The normalized spacial score (nSPS) is 11.9. The molecule has 5 nitrogen and oxygen atoms in total. The van der Waals surface area contributed by atoms with E-state index in [1.54, 1.807) is 0 Å². The maximum absolute atomic E-state index is 6.68. The zero-order valence-corrected chi connectivity index (χ0v) is 32.8. The van der Waals surface area contributed by atoms with E-state index in [0.29, 0.717) is 5.82 Å². The molecule has 4 aromatic heterocycles. The highest BCUT2D eigenvalue weighted by molar-refractivity contribution is 6.20. The summed E-state index contributed by atoms with van der Waals surface area (Å²) in [6.45, 7) is 0. The van der Waals surface area contributed by atoms with Gasteiger partial charge in [-0.1, -0.05) is 146 Å². The highest BCUT2D eigenvalue weighted by Gasteiger charge is 2.24. The lowest BCUT2D eigenvalue weighted by Gasteiger charge is -2.12. The van der Waals surface area contributed by atoms with Gasteiger partial charge in [0.15, 0.2) is 5.82 Å². The van der Waals surface area contributed by atoms with Gasteiger partial charge in [-0.05, 0) is 77.2 Å². The van der Waals surface area contributed by atoms with E-state index in [1.165, 1.54) is 32.6 Å². The Balaban J connectivity index is 1.11. The highest BCUT2D eigenvalue weighted by Crippen LogP contribution is 2.44. The first-order valence-corrected chi connectivity index (χ1v) is 20.7. The molecule has 0 aliphatic carbocycles. The SMILES string of the molecule is c1ccc(-c2nc(-c3cccc4c3oc3ccccc34)c3c(n2)c2cc(-c4ccc5c(c4)c4ccc6ccccc6c4n5-c4ccccc4)ccc2n3-c2ccccc2)cc1. The number of hydrogen-bond donors (Lipinski definition) is 0. The minimum atomic E-state index is 0.663. The fourth-order valence-electron chi connectivity index (χ4n) is 9.56. The molecule has 0 unspecified atom stereocenters. The molecule has 0 N–H and O–H groups in total. The van der Waals surface area contributed by atoms with Crippen molar-refractivity contribution in [3.8, 4) is 45.1 Å². The summed E-state index contributed by atoms with van der Waals surface area (Å²) in [5.74, 6) is 0.663. The largest absolute Gasteiger partial charge is 0.455 e. The van der Waals surface area contributed by atoms with E-state index < -0.39 is 0 Å². The average molecular weight is 779 g/mol. The van der Waals surface area contributed by atoms with Crippen molar-refractivity contribution in [2.75, 3.05) is 0 Å². The highest BCUT2D eigenvalue weighted by atomic mass is 16.3. The summed E-state index contributed by atoms with van der Waals surface area (Å²) in [6, 6.07) is 73.1. The van der Waals surface area contributed by atoms with Crippen LogP contribution in [0.3, 0.4) is 0 Å². The van der Waals surface area contributed by atoms with E-state index in [2.05, 4.69) is 185 Å². The smallest absolute Gasteiger partial charge is 0.160 e. The summed E-state index contributed by atoms with van der Waals surface area (Å²) < 4.78 is 11.4. The van der Waals surface area contributed by atoms with Crippen LogP contribution >= 0.6 is 0 Å². The van der Waals surface area contributed by atoms with Crippen LogP contribution in [-0.4, -0.2) is 19.1 Å². The summed E-state index contributed by atoms with van der Waals surface area (Å²) in [6.07, 6.45) is 0. The van der Waals surface area contributed by atoms with Crippen molar-refractivity contribution >= 4 is 76.5 Å². The number of rotatable bonds is 5. The third kappa shape index (κ3) is 5.08. The second-order valence-corrected chi connectivity index (χ2v) is 15.7. The molecular weight excluding hydrogens is 745 g/mol. The van der Waals surface area contributed by atoms with Crippen LogP contribution in [0, 0.1) is 0 Å². The molecule has 0 spiro atoms. The molecular formula is C56H34N4O. The second kappa shape index (κ2) is 13.1. The lowest BCUT2D eigenvalue weighted by molar-refractivity contribution is 0.670. The van der Waals surface area contributed by atoms with Gasteiger partial charge in [0.2, 0.25) is 0 Å². The number of para-hydroxylation sites is 4. The Morgan fingerprint density at radius 2 is 0.984 bits per heavy atom. The molecule has 0 aliphatic rings. The maximum Gasteiger partial charge on any atom is 0.160 e. The van der Waals surface area contributed by atoms with Gasteiger partial charge in [-0.2, -0.15) is 0 Å². The van der Waals surface area contributed by atoms with Crippen LogP contribution in [0.1, 0.15) is 0 Å². The Bertz CT molecular complexity index is 3860. The fraction of sp³-hybridized carbons (Fsp3) is 0. The molecule has 284 valence electrons. The van der Waals surface area contributed by atoms with E-state index in [9.17, 15) is 0 Å². The molecule has 5 heteroatoms. The van der Waals surface area contributed by atoms with Gasteiger partial charge < -0.3 is 13.6 Å². The van der Waals surface area contributed by atoms with Crippen molar-refractivity contribution in [3.05, 3.63) is 206 Å². The molecule has 0 fully saturated rings. The molecule has 0 atom stereocenters. The Morgan fingerprint density at radius 3 is 1.74 bits per heavy atom. The van der Waals surface area contributed by atoms with Gasteiger partial charge in [-0.25, -0.2) is 9.97 Å². The Kier molecular flexibility index (Phi) is 7.24. The predicted molar refractivity (Wildman–Crippen MR) is 252 cm³/mol. The number of hydrogen-bond acceptors (Lipinski definition) is 3. The molecule has 13 aromatic rings. The Hall–Kier alpha value is -8.28. The van der Waals surface area contributed by atoms with E-state index in [4.69, 9.17) is 14.4 Å². The standard InChI is InChI=1S/C56H34N4O/c1-4-16-36(17-5-1)56-57-51(45-25-14-24-44-42-23-12-13-26-50(42)61-55(44)45)54-52(58-56)47-34-38(29-32-49(47)60(54)40-20-8-3-9-21-40)37-28-31-48-46(33-37)43-30-27-35-15-10-11-22-41(35)53(43)59(48)39-18-6-2-7-19-39/h1-34H. The summed E-state index contributed by atoms with van der Waals surface area (Å²) in [7, 11) is 0. The first kappa shape index (κ1) is 33.7. The van der Waals surface area contributed by atoms with Crippen molar-refractivity contribution in [2.24, 2.45) is 0 Å². The molecule has 0 radical (unpaired) electrons. The average Bonchev–Trinajstić information content (AvgIpc) is 4.00. The van der Waals surface area contributed by atoms with Crippen molar-refractivity contribution in [1.29, 1.82) is 0 Å². The third-order valence-corrected chi connectivity index (χ3v) is 12.3. The topological polar surface area (TPSA) is 48.8 Å². The van der Waals surface area contributed by atoms with E-state index in [1.807, 2.05) is 30.3 Å². The molecule has 0 saturated carbocycles. The quantitative estimate of drug-likeness (QED) is 0.175. The van der Waals surface area contributed by atoms with Crippen LogP contribution in [0.5, 0.6) is 0 Å². The summed E-state index contributed by atoms with van der Waals surface area (Å²) in [4.78, 5) is 10.9. The Morgan fingerprint density at radius 1 is 0.377 bits per heavy atom. The number of aromatic nitrogens is 4. The number of nitrogens with zero attached hydrogens (tertiary/aromatic N) is 4. The lowest BCUT2D eigenvalue weighted by Crippen LogP contribution is -2.00. The molecule has 0 bridgehead atoms. The zero-order valence-electron chi connectivity index (χ0n) is 32.8. The lowest BCUT2D eigenvalue weighted by atomic mass is 10.00. The van der Waals surface area contributed by atoms with Crippen molar-refractivity contribution in [2.45, 2.75) is 0 Å². The van der Waals surface area contributed by atoms with Gasteiger partial charge in [0.25, 0.3) is 0 Å². The van der Waals surface area contributed by atoms with Gasteiger partial charge in [0.05, 0.1) is 22.1 Å². The second-order valence-electron chi connectivity index (χ2n) is 15.7. The van der Waals surface area contributed by atoms with Crippen LogP contribution in [0.4, 0.5) is 0 Å². The van der Waals surface area contributed by atoms with Crippen LogP contribution in [0.2, 0.25) is 0 Å². The number of benzene rings is 9. The molecule has 0 amide bonds. The van der Waals surface area contributed by atoms with Gasteiger partial charge in [-0.3, -0.25) is 0 Å². The Labute approximate surface area is 350 Å². The molecule has 13 rings (SSSR count). The fourth-order valence-corrected chi connectivity index (χ4v) is 9.56. The first-order valence-electron chi connectivity index (χ1n) is 20.7. The molecule has 0 saturated heterocycles. The van der Waals surface area contributed by atoms with Crippen molar-refractivity contribution in [1.82, 2.24) is 19.1 Å². The third-order valence-electron chi connectivity index (χ3n) is 12.3. The van der Waals surface area contributed by atoms with Crippen LogP contribution in [0.25, 0.3) is 122 Å². The van der Waals surface area contributed by atoms with Gasteiger partial charge >= 0.3 is 0 Å². The van der Waals surface area contributed by atoms with Crippen LogP contribution < -0.4 is 0 Å². The monoisotopic (exact) mass is 778 g/mol. The van der Waals surface area contributed by atoms with Gasteiger partial charge in [0, 0.05) is 54.8 Å². The van der Waals surface area contributed by atoms with Gasteiger partial charge in [-0.15, -0.1) is 0 Å². The minimum absolute atomic E-state index is 0.663. The summed E-state index contributed by atoms with van der Waals surface area (Å²) in [5, 5.41) is 8.09. The van der Waals surface area contributed by atoms with Crippen LogP contribution in [0.15, 0.2) is 211 Å². The zero-order chi connectivity index (χ0) is 40.0. The van der Waals surface area contributed by atoms with E-state index in [-0.39, 0.29) is 0 Å². The van der Waals surface area contributed by atoms with E-state index >= 15 is 0 Å². The van der Waals surface area contributed by atoms with E-state index in [0.717, 1.165) is 83.2 Å². The van der Waals surface area contributed by atoms with Crippen molar-refractivity contribution in [3.63, 3.8) is 0 Å². The minimum Gasteiger partial charge on any atom is -0.455 e. The summed E-state index contributed by atoms with van der Waals surface area (Å²) in [5.41, 5.74) is 14.0. The molecule has 4 heterocycles. The molecule has 9 aromatic carbocycles. The van der Waals surface area contributed by atoms with Crippen molar-refractivity contribution < 1.29 is 4.42 Å². The number of furan rings is 1. The first-order chi connectivity index (χ1) is 30.3. The summed E-state index contributed by atoms with van der Waals surface area (Å²) >= 11 is 0. The predicted octanol–water partition coefficient (Wildman–Crippen LogP) is 14.7. The molecule has 61 heavy (non-hydrogen) atoms. The number of fused-ring (bicyclic) bond motifs is 11. The van der Waals surface area contributed by atoms with Crippen LogP contribution in [-0.2, 0) is 0 Å². The maximum atomic E-state index is 6.68. The van der Waals surface area contributed by atoms with Gasteiger partial charge in [0.1, 0.15) is 22.4 Å².